The Bertz CT molecular complexity index is 1710. The van der Waals surface area contributed by atoms with Gasteiger partial charge >= 0.3 is 12.1 Å². The van der Waals surface area contributed by atoms with Gasteiger partial charge in [-0.05, 0) is 97.9 Å². The van der Waals surface area contributed by atoms with Crippen LogP contribution in [0.3, 0.4) is 0 Å². The molecular formula is C36H41N5O4. The summed E-state index contributed by atoms with van der Waals surface area (Å²) in [5.41, 5.74) is 9.17. The number of aromatic nitrogens is 3. The molecule has 2 aromatic heterocycles. The molecule has 0 radical (unpaired) electrons. The molecule has 1 amide bonds. The van der Waals surface area contributed by atoms with E-state index in [1.165, 1.54) is 28.5 Å². The fourth-order valence-electron chi connectivity index (χ4n) is 7.02. The average Bonchev–Trinajstić information content (AvgIpc) is 3.69. The molecule has 234 valence electrons. The molecule has 2 aromatic carbocycles. The molecule has 45 heavy (non-hydrogen) atoms. The van der Waals surface area contributed by atoms with Crippen LogP contribution in [0.15, 0.2) is 60.8 Å². The fourth-order valence-corrected chi connectivity index (χ4v) is 7.02. The molecule has 1 fully saturated rings. The van der Waals surface area contributed by atoms with Crippen molar-refractivity contribution in [1.82, 2.24) is 19.7 Å². The number of ether oxygens (including phenoxy) is 1. The summed E-state index contributed by atoms with van der Waals surface area (Å²) in [7, 11) is 0. The molecule has 0 saturated carbocycles. The van der Waals surface area contributed by atoms with Gasteiger partial charge in [0.05, 0.1) is 30.2 Å². The van der Waals surface area contributed by atoms with Gasteiger partial charge in [-0.3, -0.25) is 0 Å². The topological polar surface area (TPSA) is 110 Å². The van der Waals surface area contributed by atoms with E-state index in [-0.39, 0.29) is 17.7 Å². The number of hydrogen-bond acceptors (Lipinski definition) is 6. The molecule has 1 saturated heterocycles. The molecule has 1 aliphatic heterocycles. The van der Waals surface area contributed by atoms with Crippen LogP contribution in [0.5, 0.6) is 0 Å². The normalized spacial score (nSPS) is 16.4. The highest BCUT2D eigenvalue weighted by Crippen LogP contribution is 2.41. The molecule has 1 atom stereocenters. The summed E-state index contributed by atoms with van der Waals surface area (Å²) in [6.45, 7) is 7.84. The molecule has 0 spiro atoms. The van der Waals surface area contributed by atoms with Crippen molar-refractivity contribution in [1.29, 1.82) is 0 Å². The summed E-state index contributed by atoms with van der Waals surface area (Å²) in [4.78, 5) is 30.7. The van der Waals surface area contributed by atoms with Gasteiger partial charge in [0.25, 0.3) is 0 Å². The number of pyridine rings is 1. The molecule has 1 unspecified atom stereocenters. The van der Waals surface area contributed by atoms with Crippen molar-refractivity contribution in [2.24, 2.45) is 0 Å². The quantitative estimate of drug-likeness (QED) is 0.207. The molecule has 9 heteroatoms. The number of carbonyl (C=O) groups excluding carboxylic acids is 1. The number of carboxylic acid groups (broad SMARTS) is 1. The van der Waals surface area contributed by atoms with Gasteiger partial charge in [0, 0.05) is 24.3 Å². The largest absolute Gasteiger partial charge is 0.478 e. The second kappa shape index (κ2) is 13.1. The lowest BCUT2D eigenvalue weighted by Gasteiger charge is -2.32. The van der Waals surface area contributed by atoms with Gasteiger partial charge in [0.2, 0.25) is 0 Å². The highest BCUT2D eigenvalue weighted by atomic mass is 16.6. The summed E-state index contributed by atoms with van der Waals surface area (Å²) in [6.07, 6.45) is 6.54. The zero-order valence-corrected chi connectivity index (χ0v) is 26.3. The predicted octanol–water partition coefficient (Wildman–Crippen LogP) is 7.19. The third-order valence-electron chi connectivity index (χ3n) is 9.23. The Balaban J connectivity index is 1.24. The molecule has 9 nitrogen and oxygen atoms in total. The van der Waals surface area contributed by atoms with Crippen LogP contribution in [0.25, 0.3) is 17.1 Å². The van der Waals surface area contributed by atoms with Crippen molar-refractivity contribution >= 4 is 17.7 Å². The van der Waals surface area contributed by atoms with Crippen LogP contribution in [0.4, 0.5) is 10.5 Å². The summed E-state index contributed by atoms with van der Waals surface area (Å²) in [5, 5.41) is 17.8. The molecule has 6 rings (SSSR count). The number of nitrogens with one attached hydrogen (secondary N) is 1. The van der Waals surface area contributed by atoms with Gasteiger partial charge in [-0.25, -0.2) is 19.3 Å². The molecular weight excluding hydrogens is 566 g/mol. The van der Waals surface area contributed by atoms with Crippen molar-refractivity contribution in [2.45, 2.75) is 71.3 Å². The smallest absolute Gasteiger partial charge is 0.409 e. The Kier molecular flexibility index (Phi) is 8.87. The summed E-state index contributed by atoms with van der Waals surface area (Å²) in [5.74, 6) is 0.0577. The molecule has 2 aliphatic rings. The number of nitrogens with zero attached hydrogens (tertiary/aromatic N) is 4. The lowest BCUT2D eigenvalue weighted by Crippen LogP contribution is -2.38. The number of aromatic carboxylic acids is 1. The number of benzene rings is 2. The Hall–Kier alpha value is -4.66. The van der Waals surface area contributed by atoms with Gasteiger partial charge in [-0.15, -0.1) is 0 Å². The molecule has 2 N–H and O–H groups in total. The van der Waals surface area contributed by atoms with E-state index >= 15 is 0 Å². The monoisotopic (exact) mass is 607 g/mol. The minimum atomic E-state index is -0.984. The standard InChI is InChI=1S/C36H41N5O4/c1-4-23-21-26(14-15-27(23)24-17-19-40(20-18-24)36(44)45-6-3)38-31-16-13-25-9-7-10-28(34(25)31)30-11-8-12-33(39-30)41-32(5-2)29(22-37-41)35(42)43/h7-12,14-15,21-22,24,31,38H,4-6,13,16-20H2,1-3H3,(H,42,43). The van der Waals surface area contributed by atoms with Crippen molar-refractivity contribution in [3.8, 4) is 17.1 Å². The predicted molar refractivity (Wildman–Crippen MR) is 174 cm³/mol. The van der Waals surface area contributed by atoms with E-state index in [9.17, 15) is 14.7 Å². The lowest BCUT2D eigenvalue weighted by atomic mass is 9.85. The highest BCUT2D eigenvalue weighted by Gasteiger charge is 2.28. The average molecular weight is 608 g/mol. The second-order valence-corrected chi connectivity index (χ2v) is 11.8. The maximum absolute atomic E-state index is 12.2. The Labute approximate surface area is 264 Å². The first-order chi connectivity index (χ1) is 21.9. The van der Waals surface area contributed by atoms with Crippen molar-refractivity contribution in [2.75, 3.05) is 25.0 Å². The number of piperidine rings is 1. The lowest BCUT2D eigenvalue weighted by molar-refractivity contribution is 0.0695. The minimum absolute atomic E-state index is 0.138. The van der Waals surface area contributed by atoms with Crippen LogP contribution in [-0.4, -0.2) is 56.5 Å². The highest BCUT2D eigenvalue weighted by molar-refractivity contribution is 5.88. The van der Waals surface area contributed by atoms with Crippen LogP contribution in [0.2, 0.25) is 0 Å². The van der Waals surface area contributed by atoms with Gasteiger partial charge in [-0.1, -0.05) is 44.2 Å². The van der Waals surface area contributed by atoms with Crippen LogP contribution < -0.4 is 5.32 Å². The van der Waals surface area contributed by atoms with E-state index in [2.05, 4.69) is 53.7 Å². The van der Waals surface area contributed by atoms with E-state index in [0.717, 1.165) is 62.1 Å². The second-order valence-electron chi connectivity index (χ2n) is 11.8. The maximum Gasteiger partial charge on any atom is 0.409 e. The van der Waals surface area contributed by atoms with Crippen molar-refractivity contribution < 1.29 is 19.4 Å². The number of carboxylic acids is 1. The first-order valence-corrected chi connectivity index (χ1v) is 16.1. The Morgan fingerprint density at radius 1 is 1.00 bits per heavy atom. The maximum atomic E-state index is 12.2. The number of aryl methyl sites for hydroxylation is 2. The number of carbonyl (C=O) groups is 2. The third kappa shape index (κ3) is 6.03. The van der Waals surface area contributed by atoms with E-state index < -0.39 is 5.97 Å². The van der Waals surface area contributed by atoms with E-state index in [0.29, 0.717) is 30.5 Å². The van der Waals surface area contributed by atoms with Crippen molar-refractivity contribution in [3.05, 3.63) is 94.3 Å². The fraction of sp³-hybridized carbons (Fsp3) is 0.389. The zero-order chi connectivity index (χ0) is 31.5. The van der Waals surface area contributed by atoms with Gasteiger partial charge in [0.15, 0.2) is 5.82 Å². The number of likely N-dealkylation sites (tertiary alicyclic amines) is 1. The third-order valence-corrected chi connectivity index (χ3v) is 9.23. The van der Waals surface area contributed by atoms with E-state index in [1.54, 1.807) is 4.68 Å². The molecule has 4 aromatic rings. The summed E-state index contributed by atoms with van der Waals surface area (Å²) < 4.78 is 6.84. The van der Waals surface area contributed by atoms with Crippen LogP contribution >= 0.6 is 0 Å². The summed E-state index contributed by atoms with van der Waals surface area (Å²) >= 11 is 0. The zero-order valence-electron chi connectivity index (χ0n) is 26.3. The number of anilines is 1. The number of amides is 1. The SMILES string of the molecule is CCOC(=O)N1CCC(c2ccc(NC3CCc4cccc(-c5cccc(-n6ncc(C(=O)O)c6CC)n5)c43)cc2CC)CC1. The molecule has 1 aliphatic carbocycles. The van der Waals surface area contributed by atoms with E-state index in [1.807, 2.05) is 36.9 Å². The first kappa shape index (κ1) is 30.4. The number of hydrogen-bond donors (Lipinski definition) is 2. The Morgan fingerprint density at radius 3 is 2.53 bits per heavy atom. The minimum Gasteiger partial charge on any atom is -0.478 e. The van der Waals surface area contributed by atoms with Gasteiger partial charge in [0.1, 0.15) is 5.56 Å². The first-order valence-electron chi connectivity index (χ1n) is 16.1. The summed E-state index contributed by atoms with van der Waals surface area (Å²) in [6, 6.07) is 19.2. The van der Waals surface area contributed by atoms with E-state index in [4.69, 9.17) is 9.72 Å². The molecule has 0 bridgehead atoms. The van der Waals surface area contributed by atoms with Gasteiger partial charge in [-0.2, -0.15) is 5.10 Å². The Morgan fingerprint density at radius 2 is 1.80 bits per heavy atom. The van der Waals surface area contributed by atoms with Crippen LogP contribution in [-0.2, 0) is 24.0 Å². The number of rotatable bonds is 9. The van der Waals surface area contributed by atoms with Crippen LogP contribution in [0, 0.1) is 0 Å². The molecule has 3 heterocycles. The number of fused-ring (bicyclic) bond motifs is 1. The van der Waals surface area contributed by atoms with Crippen molar-refractivity contribution in [3.63, 3.8) is 0 Å². The van der Waals surface area contributed by atoms with Gasteiger partial charge < -0.3 is 20.1 Å². The van der Waals surface area contributed by atoms with Crippen LogP contribution in [0.1, 0.15) is 90.3 Å².